The van der Waals surface area contributed by atoms with Crippen LogP contribution in [0, 0.1) is 0 Å². The molecule has 2 aromatic rings. The lowest BCUT2D eigenvalue weighted by atomic mass is 10.1. The molecule has 0 saturated heterocycles. The quantitative estimate of drug-likeness (QED) is 0.818. The summed E-state index contributed by atoms with van der Waals surface area (Å²) in [7, 11) is 0. The maximum Gasteiger partial charge on any atom is 0.248 e. The van der Waals surface area contributed by atoms with Crippen LogP contribution >= 0.6 is 11.6 Å². The molecule has 2 N–H and O–H groups in total. The fraction of sp³-hybridized carbons (Fsp3) is 0.211. The monoisotopic (exact) mass is 359 g/mol. The second-order valence-corrected chi connectivity index (χ2v) is 5.98. The largest absolute Gasteiger partial charge is 0.489 e. The topological polar surface area (TPSA) is 67.8 Å². The number of nitrogens with one attached hydrogen (secondary N) is 1. The van der Waals surface area contributed by atoms with E-state index < -0.39 is 0 Å². The molecule has 0 spiro atoms. The van der Waals surface area contributed by atoms with Gasteiger partial charge in [-0.2, -0.15) is 0 Å². The van der Waals surface area contributed by atoms with Gasteiger partial charge in [-0.25, -0.2) is 0 Å². The summed E-state index contributed by atoms with van der Waals surface area (Å²) >= 11 is 5.83. The number of carbonyl (C=O) groups excluding carboxylic acids is 1. The smallest absolute Gasteiger partial charge is 0.248 e. The van der Waals surface area contributed by atoms with Crippen molar-refractivity contribution in [3.05, 3.63) is 58.6 Å². The third kappa shape index (κ3) is 4.53. The molecule has 1 heterocycles. The summed E-state index contributed by atoms with van der Waals surface area (Å²) in [5.41, 5.74) is 1.99. The highest BCUT2D eigenvalue weighted by Crippen LogP contribution is 2.36. The van der Waals surface area contributed by atoms with E-state index in [1.54, 1.807) is 30.3 Å². The molecule has 1 amide bonds. The Kier molecular flexibility index (Phi) is 5.58. The normalized spacial score (nSPS) is 13.5. The van der Waals surface area contributed by atoms with E-state index in [0.717, 1.165) is 12.0 Å². The van der Waals surface area contributed by atoms with Gasteiger partial charge in [-0.3, -0.25) is 4.79 Å². The van der Waals surface area contributed by atoms with Crippen LogP contribution in [0.4, 0.5) is 5.69 Å². The molecule has 0 radical (unpaired) electrons. The van der Waals surface area contributed by atoms with Crippen LogP contribution in [-0.4, -0.2) is 24.2 Å². The molecule has 0 aromatic heterocycles. The number of carbonyl (C=O) groups is 1. The molecule has 2 aromatic carbocycles. The van der Waals surface area contributed by atoms with E-state index in [9.17, 15) is 9.90 Å². The predicted molar refractivity (Wildman–Crippen MR) is 97.1 cm³/mol. The van der Waals surface area contributed by atoms with Crippen LogP contribution in [0.25, 0.3) is 6.08 Å². The molecular weight excluding hydrogens is 342 g/mol. The number of aliphatic hydroxyl groups is 1. The average Bonchev–Trinajstić information content (AvgIpc) is 2.86. The molecule has 130 valence electrons. The molecule has 0 unspecified atom stereocenters. The van der Waals surface area contributed by atoms with Crippen LogP contribution in [0.5, 0.6) is 11.5 Å². The Morgan fingerprint density at radius 2 is 1.96 bits per heavy atom. The summed E-state index contributed by atoms with van der Waals surface area (Å²) in [6.45, 7) is 0.872. The summed E-state index contributed by atoms with van der Waals surface area (Å²) in [6.07, 6.45) is 3.90. The van der Waals surface area contributed by atoms with Gasteiger partial charge >= 0.3 is 0 Å². The molecule has 0 bridgehead atoms. The highest BCUT2D eigenvalue weighted by Gasteiger charge is 2.16. The molecule has 0 saturated carbocycles. The Balaban J connectivity index is 1.74. The van der Waals surface area contributed by atoms with E-state index in [0.29, 0.717) is 41.0 Å². The fourth-order valence-corrected chi connectivity index (χ4v) is 2.59. The minimum absolute atomic E-state index is 0.198. The Bertz CT molecular complexity index is 787. The first kappa shape index (κ1) is 17.3. The van der Waals surface area contributed by atoms with E-state index in [-0.39, 0.29) is 12.5 Å². The van der Waals surface area contributed by atoms with Gasteiger partial charge in [0.2, 0.25) is 5.91 Å². The number of halogens is 1. The molecule has 25 heavy (non-hydrogen) atoms. The van der Waals surface area contributed by atoms with Crippen LogP contribution in [0.3, 0.4) is 0 Å². The van der Waals surface area contributed by atoms with Crippen molar-refractivity contribution in [1.82, 2.24) is 0 Å². The van der Waals surface area contributed by atoms with Gasteiger partial charge in [0.15, 0.2) is 11.5 Å². The molecule has 0 aliphatic carbocycles. The van der Waals surface area contributed by atoms with Gasteiger partial charge in [0.1, 0.15) is 0 Å². The number of rotatable bonds is 4. The maximum absolute atomic E-state index is 12.1. The van der Waals surface area contributed by atoms with Gasteiger partial charge in [0.05, 0.1) is 19.8 Å². The Morgan fingerprint density at radius 1 is 1.20 bits per heavy atom. The number of anilines is 1. The second kappa shape index (κ2) is 8.05. The minimum Gasteiger partial charge on any atom is -0.489 e. The summed E-state index contributed by atoms with van der Waals surface area (Å²) in [5.74, 6) is 0.782. The lowest BCUT2D eigenvalue weighted by Gasteiger charge is -2.13. The number of aliphatic hydroxyl groups excluding tert-OH is 1. The van der Waals surface area contributed by atoms with Gasteiger partial charge in [0, 0.05) is 34.8 Å². The maximum atomic E-state index is 12.1. The van der Waals surface area contributed by atoms with Crippen LogP contribution in [-0.2, 0) is 11.4 Å². The van der Waals surface area contributed by atoms with Gasteiger partial charge < -0.3 is 19.9 Å². The van der Waals surface area contributed by atoms with E-state index in [1.165, 1.54) is 6.08 Å². The highest BCUT2D eigenvalue weighted by atomic mass is 35.5. The number of hydrogen-bond acceptors (Lipinski definition) is 4. The molecule has 6 heteroatoms. The van der Waals surface area contributed by atoms with Crippen molar-refractivity contribution in [2.24, 2.45) is 0 Å². The van der Waals surface area contributed by atoms with Crippen molar-refractivity contribution in [3.63, 3.8) is 0 Å². The average molecular weight is 360 g/mol. The van der Waals surface area contributed by atoms with Crippen molar-refractivity contribution >= 4 is 29.3 Å². The zero-order valence-corrected chi connectivity index (χ0v) is 14.3. The van der Waals surface area contributed by atoms with Crippen molar-refractivity contribution in [1.29, 1.82) is 0 Å². The highest BCUT2D eigenvalue weighted by molar-refractivity contribution is 6.30. The number of ether oxygens (including phenoxy) is 2. The van der Waals surface area contributed by atoms with Gasteiger partial charge in [0.25, 0.3) is 0 Å². The first-order chi connectivity index (χ1) is 12.2. The summed E-state index contributed by atoms with van der Waals surface area (Å²) < 4.78 is 11.3. The van der Waals surface area contributed by atoms with Crippen molar-refractivity contribution in [2.45, 2.75) is 13.0 Å². The van der Waals surface area contributed by atoms with Crippen LogP contribution in [0.15, 0.2) is 42.5 Å². The molecule has 3 rings (SSSR count). The third-order valence-electron chi connectivity index (χ3n) is 3.66. The lowest BCUT2D eigenvalue weighted by molar-refractivity contribution is -0.111. The Morgan fingerprint density at radius 3 is 2.72 bits per heavy atom. The number of hydrogen-bond donors (Lipinski definition) is 2. The molecule has 1 aliphatic heterocycles. The van der Waals surface area contributed by atoms with Crippen LogP contribution < -0.4 is 14.8 Å². The third-order valence-corrected chi connectivity index (χ3v) is 3.91. The van der Waals surface area contributed by atoms with Gasteiger partial charge in [-0.1, -0.05) is 23.7 Å². The first-order valence-corrected chi connectivity index (χ1v) is 8.31. The molecule has 0 atom stereocenters. The zero-order chi connectivity index (χ0) is 17.6. The van der Waals surface area contributed by atoms with Gasteiger partial charge in [-0.15, -0.1) is 0 Å². The first-order valence-electron chi connectivity index (χ1n) is 7.94. The number of fused-ring (bicyclic) bond motifs is 1. The second-order valence-electron chi connectivity index (χ2n) is 5.55. The molecular formula is C19H18ClNO4. The predicted octanol–water partition coefficient (Wildman–Crippen LogP) is 3.65. The summed E-state index contributed by atoms with van der Waals surface area (Å²) in [5, 5.41) is 13.0. The number of benzene rings is 2. The van der Waals surface area contributed by atoms with E-state index in [1.807, 2.05) is 12.1 Å². The molecule has 0 fully saturated rings. The van der Waals surface area contributed by atoms with Crippen molar-refractivity contribution in [2.75, 3.05) is 18.5 Å². The lowest BCUT2D eigenvalue weighted by Crippen LogP contribution is -2.09. The van der Waals surface area contributed by atoms with E-state index in [2.05, 4.69) is 5.32 Å². The SMILES string of the molecule is O=C(C=Cc1ccc(Cl)cc1)Nc1cc(CO)c2c(c1)OCCCO2. The summed E-state index contributed by atoms with van der Waals surface area (Å²) in [6, 6.07) is 10.6. The van der Waals surface area contributed by atoms with E-state index >= 15 is 0 Å². The van der Waals surface area contributed by atoms with Crippen LogP contribution in [0.2, 0.25) is 5.02 Å². The number of amides is 1. The zero-order valence-electron chi connectivity index (χ0n) is 13.5. The van der Waals surface area contributed by atoms with Crippen molar-refractivity contribution < 1.29 is 19.4 Å². The van der Waals surface area contributed by atoms with Gasteiger partial charge in [-0.05, 0) is 29.8 Å². The Labute approximate surface area is 150 Å². The van der Waals surface area contributed by atoms with Crippen LogP contribution in [0.1, 0.15) is 17.5 Å². The van der Waals surface area contributed by atoms with Crippen molar-refractivity contribution in [3.8, 4) is 11.5 Å². The molecule has 5 nitrogen and oxygen atoms in total. The Hall–Kier alpha value is -2.50. The summed E-state index contributed by atoms with van der Waals surface area (Å²) in [4.78, 5) is 12.1. The standard InChI is InChI=1S/C19H18ClNO4/c20-15-5-2-13(3-6-15)4-7-18(23)21-16-10-14(12-22)19-17(11-16)24-8-1-9-25-19/h2-7,10-11,22H,1,8-9,12H2,(H,21,23). The fourth-order valence-electron chi connectivity index (χ4n) is 2.47. The minimum atomic E-state index is -0.284. The van der Waals surface area contributed by atoms with E-state index in [4.69, 9.17) is 21.1 Å². The molecule has 1 aliphatic rings.